The van der Waals surface area contributed by atoms with E-state index in [1.165, 1.54) is 6.07 Å². The van der Waals surface area contributed by atoms with E-state index in [9.17, 15) is 9.59 Å². The molecule has 0 spiro atoms. The van der Waals surface area contributed by atoms with Gasteiger partial charge in [-0.25, -0.2) is 0 Å². The second-order valence-corrected chi connectivity index (χ2v) is 5.55. The zero-order valence-corrected chi connectivity index (χ0v) is 13.8. The van der Waals surface area contributed by atoms with E-state index in [2.05, 4.69) is 10.4 Å². The Morgan fingerprint density at radius 3 is 2.52 bits per heavy atom. The van der Waals surface area contributed by atoms with Gasteiger partial charge in [-0.15, -0.1) is 0 Å². The van der Waals surface area contributed by atoms with Gasteiger partial charge in [0.1, 0.15) is 5.69 Å². The molecule has 1 amide bonds. The van der Waals surface area contributed by atoms with Crippen LogP contribution < -0.4 is 16.0 Å². The van der Waals surface area contributed by atoms with Crippen molar-refractivity contribution >= 4 is 11.6 Å². The van der Waals surface area contributed by atoms with Gasteiger partial charge in [0.15, 0.2) is 0 Å². The van der Waals surface area contributed by atoms with Gasteiger partial charge in [0.2, 0.25) is 0 Å². The lowest BCUT2D eigenvalue weighted by Crippen LogP contribution is -2.39. The number of rotatable bonds is 5. The molecule has 25 heavy (non-hydrogen) atoms. The SMILES string of the molecule is CN(NC(=O)c1ccccn1)c1ccc(Cn2ccccc2=O)cc1. The molecule has 0 atom stereocenters. The van der Waals surface area contributed by atoms with Gasteiger partial charge in [-0.05, 0) is 35.9 Å². The van der Waals surface area contributed by atoms with Crippen LogP contribution in [0.1, 0.15) is 16.1 Å². The van der Waals surface area contributed by atoms with E-state index >= 15 is 0 Å². The van der Waals surface area contributed by atoms with Crippen LogP contribution in [0, 0.1) is 0 Å². The normalized spacial score (nSPS) is 10.3. The standard InChI is InChI=1S/C19H18N4O2/c1-22(21-19(25)17-6-2-4-12-20-17)16-10-8-15(9-11-16)14-23-13-5-3-7-18(23)24/h2-13H,14H2,1H3,(H,21,25). The van der Waals surface area contributed by atoms with E-state index in [4.69, 9.17) is 0 Å². The molecule has 1 N–H and O–H groups in total. The molecule has 0 bridgehead atoms. The Balaban J connectivity index is 1.66. The van der Waals surface area contributed by atoms with E-state index in [0.29, 0.717) is 12.2 Å². The summed E-state index contributed by atoms with van der Waals surface area (Å²) in [5, 5.41) is 1.63. The quantitative estimate of drug-likeness (QED) is 0.726. The van der Waals surface area contributed by atoms with Crippen LogP contribution in [0.3, 0.4) is 0 Å². The maximum absolute atomic E-state index is 12.1. The van der Waals surface area contributed by atoms with Crippen molar-refractivity contribution in [2.75, 3.05) is 12.1 Å². The molecule has 0 saturated carbocycles. The van der Waals surface area contributed by atoms with Gasteiger partial charge < -0.3 is 4.57 Å². The summed E-state index contributed by atoms with van der Waals surface area (Å²) in [6.07, 6.45) is 3.34. The fourth-order valence-corrected chi connectivity index (χ4v) is 2.38. The van der Waals surface area contributed by atoms with Crippen LogP contribution in [-0.4, -0.2) is 22.5 Å². The minimum atomic E-state index is -0.275. The average Bonchev–Trinajstić information content (AvgIpc) is 2.65. The second kappa shape index (κ2) is 7.44. The van der Waals surface area contributed by atoms with Crippen molar-refractivity contribution in [2.24, 2.45) is 0 Å². The predicted octanol–water partition coefficient (Wildman–Crippen LogP) is 2.07. The highest BCUT2D eigenvalue weighted by Crippen LogP contribution is 2.13. The first-order valence-corrected chi connectivity index (χ1v) is 7.83. The second-order valence-electron chi connectivity index (χ2n) is 5.55. The number of nitrogens with one attached hydrogen (secondary N) is 1. The van der Waals surface area contributed by atoms with Gasteiger partial charge in [0.25, 0.3) is 11.5 Å². The van der Waals surface area contributed by atoms with E-state index in [-0.39, 0.29) is 11.5 Å². The number of carbonyl (C=O) groups excluding carboxylic acids is 1. The monoisotopic (exact) mass is 334 g/mol. The Labute approximate surface area is 145 Å². The van der Waals surface area contributed by atoms with Gasteiger partial charge in [0, 0.05) is 25.5 Å². The van der Waals surface area contributed by atoms with Gasteiger partial charge in [-0.3, -0.25) is 25.0 Å². The number of pyridine rings is 2. The number of benzene rings is 1. The summed E-state index contributed by atoms with van der Waals surface area (Å²) in [6, 6.07) is 17.9. The Bertz CT molecular complexity index is 904. The Morgan fingerprint density at radius 2 is 1.84 bits per heavy atom. The molecule has 0 saturated heterocycles. The first-order chi connectivity index (χ1) is 12.1. The van der Waals surface area contributed by atoms with E-state index in [1.54, 1.807) is 53.3 Å². The molecular formula is C19H18N4O2. The summed E-state index contributed by atoms with van der Waals surface area (Å²) in [6.45, 7) is 0.504. The molecular weight excluding hydrogens is 316 g/mol. The average molecular weight is 334 g/mol. The number of hydrazine groups is 1. The van der Waals surface area contributed by atoms with Crippen molar-refractivity contribution in [1.82, 2.24) is 15.0 Å². The molecule has 2 aromatic heterocycles. The number of amides is 1. The lowest BCUT2D eigenvalue weighted by atomic mass is 10.2. The minimum Gasteiger partial charge on any atom is -0.311 e. The van der Waals surface area contributed by atoms with Gasteiger partial charge in [-0.1, -0.05) is 24.3 Å². The molecule has 0 radical (unpaired) electrons. The maximum Gasteiger partial charge on any atom is 0.288 e. The predicted molar refractivity (Wildman–Crippen MR) is 96.4 cm³/mol. The highest BCUT2D eigenvalue weighted by molar-refractivity contribution is 5.93. The molecule has 6 heteroatoms. The lowest BCUT2D eigenvalue weighted by molar-refractivity contribution is 0.0946. The highest BCUT2D eigenvalue weighted by atomic mass is 16.2. The number of hydrogen-bond acceptors (Lipinski definition) is 4. The topological polar surface area (TPSA) is 67.2 Å². The molecule has 3 rings (SSSR count). The summed E-state index contributed by atoms with van der Waals surface area (Å²) in [5.41, 5.74) is 4.92. The summed E-state index contributed by atoms with van der Waals surface area (Å²) in [7, 11) is 1.76. The first kappa shape index (κ1) is 16.4. The van der Waals surface area contributed by atoms with Crippen LogP contribution >= 0.6 is 0 Å². The van der Waals surface area contributed by atoms with Crippen LogP contribution in [0.2, 0.25) is 0 Å². The number of carbonyl (C=O) groups is 1. The fraction of sp³-hybridized carbons (Fsp3) is 0.105. The van der Waals surface area contributed by atoms with E-state index < -0.39 is 0 Å². The summed E-state index contributed by atoms with van der Waals surface area (Å²) < 4.78 is 1.64. The smallest absolute Gasteiger partial charge is 0.288 e. The van der Waals surface area contributed by atoms with Gasteiger partial charge in [-0.2, -0.15) is 0 Å². The van der Waals surface area contributed by atoms with E-state index in [1.807, 2.05) is 30.3 Å². The molecule has 3 aromatic rings. The highest BCUT2D eigenvalue weighted by Gasteiger charge is 2.09. The third-order valence-corrected chi connectivity index (χ3v) is 3.74. The van der Waals surface area contributed by atoms with Crippen LogP contribution in [0.25, 0.3) is 0 Å². The van der Waals surface area contributed by atoms with Crippen molar-refractivity contribution < 1.29 is 4.79 Å². The number of nitrogens with zero attached hydrogens (tertiary/aromatic N) is 3. The van der Waals surface area contributed by atoms with Crippen molar-refractivity contribution in [2.45, 2.75) is 6.54 Å². The van der Waals surface area contributed by atoms with Crippen LogP contribution in [0.5, 0.6) is 0 Å². The molecule has 0 unspecified atom stereocenters. The number of aromatic nitrogens is 2. The molecule has 126 valence electrons. The molecule has 6 nitrogen and oxygen atoms in total. The largest absolute Gasteiger partial charge is 0.311 e. The Hall–Kier alpha value is -3.41. The third kappa shape index (κ3) is 4.11. The number of anilines is 1. The first-order valence-electron chi connectivity index (χ1n) is 7.83. The summed E-state index contributed by atoms with van der Waals surface area (Å²) >= 11 is 0. The lowest BCUT2D eigenvalue weighted by Gasteiger charge is -2.20. The zero-order chi connectivity index (χ0) is 17.6. The minimum absolute atomic E-state index is 0.0358. The maximum atomic E-state index is 12.1. The molecule has 0 aliphatic heterocycles. The van der Waals surface area contributed by atoms with Crippen molar-refractivity contribution in [1.29, 1.82) is 0 Å². The van der Waals surface area contributed by atoms with E-state index in [0.717, 1.165) is 11.3 Å². The molecule has 1 aromatic carbocycles. The number of hydrogen-bond donors (Lipinski definition) is 1. The van der Waals surface area contributed by atoms with Gasteiger partial charge >= 0.3 is 0 Å². The summed E-state index contributed by atoms with van der Waals surface area (Å²) in [5.74, 6) is -0.275. The van der Waals surface area contributed by atoms with Gasteiger partial charge in [0.05, 0.1) is 12.2 Å². The van der Waals surface area contributed by atoms with Crippen molar-refractivity contribution in [3.63, 3.8) is 0 Å². The molecule has 0 aliphatic rings. The summed E-state index contributed by atoms with van der Waals surface area (Å²) in [4.78, 5) is 27.9. The Morgan fingerprint density at radius 1 is 1.08 bits per heavy atom. The third-order valence-electron chi connectivity index (χ3n) is 3.74. The fourth-order valence-electron chi connectivity index (χ4n) is 2.38. The zero-order valence-electron chi connectivity index (χ0n) is 13.8. The Kier molecular flexibility index (Phi) is 4.89. The van der Waals surface area contributed by atoms with Crippen LogP contribution in [-0.2, 0) is 6.54 Å². The molecule has 0 fully saturated rings. The van der Waals surface area contributed by atoms with Crippen LogP contribution in [0.15, 0.2) is 77.9 Å². The molecule has 0 aliphatic carbocycles. The van der Waals surface area contributed by atoms with Crippen molar-refractivity contribution in [3.8, 4) is 0 Å². The van der Waals surface area contributed by atoms with Crippen molar-refractivity contribution in [3.05, 3.63) is 94.7 Å². The van der Waals surface area contributed by atoms with Crippen LogP contribution in [0.4, 0.5) is 5.69 Å². The molecule has 2 heterocycles.